The zero-order valence-corrected chi connectivity index (χ0v) is 15.4. The van der Waals surface area contributed by atoms with Gasteiger partial charge >= 0.3 is 12.2 Å². The van der Waals surface area contributed by atoms with Crippen molar-refractivity contribution >= 4 is 29.0 Å². The summed E-state index contributed by atoms with van der Waals surface area (Å²) >= 11 is 0. The summed E-state index contributed by atoms with van der Waals surface area (Å²) in [6.07, 6.45) is -3.11. The van der Waals surface area contributed by atoms with Crippen molar-refractivity contribution in [2.24, 2.45) is 5.73 Å². The van der Waals surface area contributed by atoms with Crippen molar-refractivity contribution in [3.8, 4) is 0 Å². The Labute approximate surface area is 168 Å². The fraction of sp³-hybridized carbons (Fsp3) is 0.105. The number of primary amides is 1. The van der Waals surface area contributed by atoms with Gasteiger partial charge in [0.2, 0.25) is 0 Å². The fourth-order valence-electron chi connectivity index (χ4n) is 2.69. The van der Waals surface area contributed by atoms with Crippen molar-refractivity contribution < 1.29 is 22.8 Å². The standard InChI is InChI=1S/C19H17F3N6O2/c20-19(21,22)13-6-1-2-7-14(13)27-18(30)26-12-5-3-4-11(8-12)9-24-15-10-25-28-16(15)17(23)29/h1-8,10,24H,9H2,(H2,23,29)(H,25,28)(H2,26,27,30). The number of nitrogens with one attached hydrogen (secondary N) is 4. The first-order valence-electron chi connectivity index (χ1n) is 8.64. The van der Waals surface area contributed by atoms with Crippen LogP contribution in [-0.4, -0.2) is 22.1 Å². The van der Waals surface area contributed by atoms with E-state index in [2.05, 4.69) is 26.1 Å². The first-order valence-corrected chi connectivity index (χ1v) is 8.64. The van der Waals surface area contributed by atoms with E-state index in [9.17, 15) is 22.8 Å². The number of rotatable bonds is 6. The Morgan fingerprint density at radius 2 is 1.80 bits per heavy atom. The SMILES string of the molecule is NC(=O)c1n[nH]cc1NCc1cccc(NC(=O)Nc2ccccc2C(F)(F)F)c1. The molecule has 156 valence electrons. The molecule has 30 heavy (non-hydrogen) atoms. The van der Waals surface area contributed by atoms with Crippen molar-refractivity contribution in [3.05, 3.63) is 71.5 Å². The van der Waals surface area contributed by atoms with Crippen molar-refractivity contribution in [1.82, 2.24) is 10.2 Å². The fourth-order valence-corrected chi connectivity index (χ4v) is 2.69. The number of carbonyl (C=O) groups is 2. The average molecular weight is 418 g/mol. The van der Waals surface area contributed by atoms with Gasteiger partial charge in [-0.15, -0.1) is 0 Å². The van der Waals surface area contributed by atoms with E-state index in [4.69, 9.17) is 5.73 Å². The molecular weight excluding hydrogens is 401 g/mol. The van der Waals surface area contributed by atoms with Gasteiger partial charge in [-0.2, -0.15) is 18.3 Å². The van der Waals surface area contributed by atoms with E-state index >= 15 is 0 Å². The predicted molar refractivity (Wildman–Crippen MR) is 105 cm³/mol. The number of aromatic amines is 1. The van der Waals surface area contributed by atoms with E-state index in [0.717, 1.165) is 11.6 Å². The number of H-pyrrole nitrogens is 1. The molecule has 0 bridgehead atoms. The van der Waals surface area contributed by atoms with Crippen LogP contribution in [-0.2, 0) is 12.7 Å². The normalized spacial score (nSPS) is 11.0. The quantitative estimate of drug-likeness (QED) is 0.418. The van der Waals surface area contributed by atoms with Crippen LogP contribution in [0.4, 0.5) is 35.0 Å². The van der Waals surface area contributed by atoms with Gasteiger partial charge in [-0.1, -0.05) is 24.3 Å². The molecule has 3 aromatic rings. The summed E-state index contributed by atoms with van der Waals surface area (Å²) in [7, 11) is 0. The van der Waals surface area contributed by atoms with E-state index < -0.39 is 23.7 Å². The Balaban J connectivity index is 1.65. The first kappa shape index (κ1) is 20.7. The average Bonchev–Trinajstić information content (AvgIpc) is 3.15. The molecule has 6 N–H and O–H groups in total. The molecule has 0 spiro atoms. The predicted octanol–water partition coefficient (Wildman–Crippen LogP) is 3.78. The Hall–Kier alpha value is -4.02. The third-order valence-electron chi connectivity index (χ3n) is 4.02. The summed E-state index contributed by atoms with van der Waals surface area (Å²) in [5, 5.41) is 14.0. The maximum atomic E-state index is 13.0. The highest BCUT2D eigenvalue weighted by Gasteiger charge is 2.33. The highest BCUT2D eigenvalue weighted by Crippen LogP contribution is 2.34. The van der Waals surface area contributed by atoms with Gasteiger partial charge in [0.25, 0.3) is 5.91 Å². The molecule has 8 nitrogen and oxygen atoms in total. The molecule has 0 aliphatic carbocycles. The van der Waals surface area contributed by atoms with E-state index in [0.29, 0.717) is 11.4 Å². The lowest BCUT2D eigenvalue weighted by Gasteiger charge is -2.14. The number of nitrogens with two attached hydrogens (primary N) is 1. The van der Waals surface area contributed by atoms with Crippen LogP contribution >= 0.6 is 0 Å². The minimum Gasteiger partial charge on any atom is -0.378 e. The van der Waals surface area contributed by atoms with Gasteiger partial charge in [0, 0.05) is 18.4 Å². The minimum absolute atomic E-state index is 0.0620. The topological polar surface area (TPSA) is 125 Å². The highest BCUT2D eigenvalue weighted by molar-refractivity contribution is 6.00. The smallest absolute Gasteiger partial charge is 0.378 e. The van der Waals surface area contributed by atoms with E-state index in [-0.39, 0.29) is 17.9 Å². The molecule has 1 heterocycles. The number of halogens is 3. The number of hydrogen-bond acceptors (Lipinski definition) is 4. The van der Waals surface area contributed by atoms with Crippen molar-refractivity contribution in [2.45, 2.75) is 12.7 Å². The van der Waals surface area contributed by atoms with Crippen molar-refractivity contribution in [1.29, 1.82) is 0 Å². The van der Waals surface area contributed by atoms with Gasteiger partial charge < -0.3 is 21.7 Å². The molecule has 2 aromatic carbocycles. The van der Waals surface area contributed by atoms with Gasteiger partial charge in [-0.25, -0.2) is 4.79 Å². The molecule has 0 aliphatic heterocycles. The largest absolute Gasteiger partial charge is 0.418 e. The van der Waals surface area contributed by atoms with Gasteiger partial charge in [0.15, 0.2) is 5.69 Å². The molecule has 0 fully saturated rings. The lowest BCUT2D eigenvalue weighted by Crippen LogP contribution is -2.22. The van der Waals surface area contributed by atoms with Crippen molar-refractivity contribution in [3.63, 3.8) is 0 Å². The van der Waals surface area contributed by atoms with Crippen molar-refractivity contribution in [2.75, 3.05) is 16.0 Å². The van der Waals surface area contributed by atoms with Crippen LogP contribution in [0.25, 0.3) is 0 Å². The third-order valence-corrected chi connectivity index (χ3v) is 4.02. The van der Waals surface area contributed by atoms with Crippen LogP contribution in [0.15, 0.2) is 54.7 Å². The van der Waals surface area contributed by atoms with Gasteiger partial charge in [0.1, 0.15) is 0 Å². The van der Waals surface area contributed by atoms with Crippen LogP contribution in [0.5, 0.6) is 0 Å². The Morgan fingerprint density at radius 3 is 2.53 bits per heavy atom. The molecule has 0 saturated heterocycles. The third kappa shape index (κ3) is 5.07. The molecule has 3 rings (SSSR count). The lowest BCUT2D eigenvalue weighted by molar-refractivity contribution is -0.136. The molecule has 11 heteroatoms. The van der Waals surface area contributed by atoms with Crippen LogP contribution < -0.4 is 21.7 Å². The lowest BCUT2D eigenvalue weighted by atomic mass is 10.1. The maximum absolute atomic E-state index is 13.0. The summed E-state index contributed by atoms with van der Waals surface area (Å²) in [6, 6.07) is 10.5. The van der Waals surface area contributed by atoms with Gasteiger partial charge in [-0.3, -0.25) is 9.89 Å². The number of aromatic nitrogens is 2. The maximum Gasteiger partial charge on any atom is 0.418 e. The number of nitrogens with zero attached hydrogens (tertiary/aromatic N) is 1. The van der Waals surface area contributed by atoms with E-state index in [1.165, 1.54) is 24.4 Å². The van der Waals surface area contributed by atoms with E-state index in [1.807, 2.05) is 0 Å². The summed E-state index contributed by atoms with van der Waals surface area (Å²) in [6.45, 7) is 0.286. The molecule has 0 atom stereocenters. The number of anilines is 3. The molecule has 0 unspecified atom stereocenters. The summed E-state index contributed by atoms with van der Waals surface area (Å²) in [5.74, 6) is -0.690. The Morgan fingerprint density at radius 1 is 1.03 bits per heavy atom. The summed E-state index contributed by atoms with van der Waals surface area (Å²) < 4.78 is 39.1. The highest BCUT2D eigenvalue weighted by atomic mass is 19.4. The second-order valence-electron chi connectivity index (χ2n) is 6.19. The summed E-state index contributed by atoms with van der Waals surface area (Å²) in [4.78, 5) is 23.4. The molecule has 0 radical (unpaired) electrons. The number of benzene rings is 2. The molecule has 1 aromatic heterocycles. The number of hydrogen-bond donors (Lipinski definition) is 5. The van der Waals surface area contributed by atoms with Gasteiger partial charge in [0.05, 0.1) is 16.9 Å². The molecular formula is C19H17F3N6O2. The van der Waals surface area contributed by atoms with Crippen LogP contribution in [0.2, 0.25) is 0 Å². The van der Waals surface area contributed by atoms with E-state index in [1.54, 1.807) is 24.3 Å². The number of urea groups is 1. The number of para-hydroxylation sites is 1. The van der Waals surface area contributed by atoms with Crippen LogP contribution in [0.1, 0.15) is 21.6 Å². The number of amides is 3. The van der Waals surface area contributed by atoms with Gasteiger partial charge in [-0.05, 0) is 29.8 Å². The Kier molecular flexibility index (Phi) is 5.90. The number of carbonyl (C=O) groups excluding carboxylic acids is 2. The zero-order valence-electron chi connectivity index (χ0n) is 15.4. The summed E-state index contributed by atoms with van der Waals surface area (Å²) in [5.41, 5.74) is 5.52. The van der Waals surface area contributed by atoms with Crippen LogP contribution in [0, 0.1) is 0 Å². The second-order valence-corrected chi connectivity index (χ2v) is 6.19. The minimum atomic E-state index is -4.59. The Bertz CT molecular complexity index is 1060. The molecule has 0 saturated carbocycles. The zero-order chi connectivity index (χ0) is 21.7. The first-order chi connectivity index (χ1) is 14.2. The number of alkyl halides is 3. The molecule has 0 aliphatic rings. The van der Waals surface area contributed by atoms with Crippen LogP contribution in [0.3, 0.4) is 0 Å². The molecule has 3 amide bonds. The monoisotopic (exact) mass is 418 g/mol. The second kappa shape index (κ2) is 8.55.